The zero-order valence-electron chi connectivity index (χ0n) is 10.5. The highest BCUT2D eigenvalue weighted by atomic mass is 28.4. The van der Waals surface area contributed by atoms with E-state index in [1.54, 1.807) is 21.3 Å². The molecule has 0 saturated heterocycles. The van der Waals surface area contributed by atoms with Crippen molar-refractivity contribution >= 4 is 8.80 Å². The smallest absolute Gasteiger partial charge is 0.377 e. The summed E-state index contributed by atoms with van der Waals surface area (Å²) < 4.78 is 16.4. The van der Waals surface area contributed by atoms with Crippen LogP contribution in [0.4, 0.5) is 0 Å². The van der Waals surface area contributed by atoms with Crippen LogP contribution in [0.2, 0.25) is 6.04 Å². The SMILES string of the molecule is CO[Si](CCC12C=CC(CC1)C2)(OC)OC. The van der Waals surface area contributed by atoms with Crippen molar-refractivity contribution in [1.29, 1.82) is 0 Å². The summed E-state index contributed by atoms with van der Waals surface area (Å²) in [5, 5.41) is 0. The van der Waals surface area contributed by atoms with E-state index in [0.29, 0.717) is 5.41 Å². The third-order valence-electron chi connectivity index (χ3n) is 4.27. The summed E-state index contributed by atoms with van der Waals surface area (Å²) in [4.78, 5) is 0. The molecular weight excluding hydrogens is 220 g/mol. The van der Waals surface area contributed by atoms with Gasteiger partial charge in [-0.15, -0.1) is 0 Å². The molecule has 92 valence electrons. The molecule has 0 aliphatic heterocycles. The molecule has 0 heterocycles. The molecule has 2 aliphatic rings. The summed E-state index contributed by atoms with van der Waals surface area (Å²) in [5.74, 6) is 0.837. The van der Waals surface area contributed by atoms with Gasteiger partial charge < -0.3 is 13.3 Å². The molecule has 2 bridgehead atoms. The van der Waals surface area contributed by atoms with Gasteiger partial charge in [-0.25, -0.2) is 0 Å². The van der Waals surface area contributed by atoms with Crippen molar-refractivity contribution in [2.45, 2.75) is 31.7 Å². The standard InChI is InChI=1S/C12H22O3Si/c1-13-16(14-2,15-3)9-8-12-6-4-11(10-12)5-7-12/h4,6,11H,5,7-10H2,1-3H3. The zero-order chi connectivity index (χ0) is 11.6. The first kappa shape index (κ1) is 12.3. The van der Waals surface area contributed by atoms with Crippen molar-refractivity contribution < 1.29 is 13.3 Å². The van der Waals surface area contributed by atoms with E-state index in [1.165, 1.54) is 19.3 Å². The molecule has 2 aliphatic carbocycles. The summed E-state index contributed by atoms with van der Waals surface area (Å²) in [7, 11) is 2.72. The summed E-state index contributed by atoms with van der Waals surface area (Å²) in [6.45, 7) is 0. The second kappa shape index (κ2) is 4.60. The van der Waals surface area contributed by atoms with E-state index in [9.17, 15) is 0 Å². The molecular formula is C12H22O3Si. The van der Waals surface area contributed by atoms with Crippen molar-refractivity contribution in [3.8, 4) is 0 Å². The van der Waals surface area contributed by atoms with Gasteiger partial charge in [0.15, 0.2) is 0 Å². The molecule has 0 N–H and O–H groups in total. The molecule has 3 nitrogen and oxygen atoms in total. The van der Waals surface area contributed by atoms with Gasteiger partial charge in [-0.1, -0.05) is 12.2 Å². The monoisotopic (exact) mass is 242 g/mol. The molecule has 0 aromatic carbocycles. The van der Waals surface area contributed by atoms with Crippen LogP contribution in [0, 0.1) is 11.3 Å². The predicted molar refractivity (Wildman–Crippen MR) is 65.1 cm³/mol. The Morgan fingerprint density at radius 1 is 1.25 bits per heavy atom. The first-order valence-electron chi connectivity index (χ1n) is 6.02. The molecule has 16 heavy (non-hydrogen) atoms. The highest BCUT2D eigenvalue weighted by molar-refractivity contribution is 6.60. The quantitative estimate of drug-likeness (QED) is 0.529. The van der Waals surface area contributed by atoms with Crippen LogP contribution < -0.4 is 0 Å². The fourth-order valence-corrected chi connectivity index (χ4v) is 5.04. The molecule has 1 fully saturated rings. The molecule has 0 radical (unpaired) electrons. The molecule has 2 atom stereocenters. The second-order valence-electron chi connectivity index (χ2n) is 5.02. The Morgan fingerprint density at radius 2 is 1.94 bits per heavy atom. The maximum absolute atomic E-state index is 5.47. The lowest BCUT2D eigenvalue weighted by Crippen LogP contribution is -2.43. The van der Waals surface area contributed by atoms with E-state index in [0.717, 1.165) is 18.4 Å². The minimum atomic E-state index is -2.36. The zero-order valence-corrected chi connectivity index (χ0v) is 11.5. The maximum atomic E-state index is 5.47. The molecule has 2 rings (SSSR count). The molecule has 0 aromatic heterocycles. The van der Waals surface area contributed by atoms with Gasteiger partial charge in [0, 0.05) is 27.4 Å². The Balaban J connectivity index is 1.93. The number of fused-ring (bicyclic) bond motifs is 2. The molecule has 1 saturated carbocycles. The van der Waals surface area contributed by atoms with Gasteiger partial charge >= 0.3 is 8.80 Å². The number of rotatable bonds is 6. The molecule has 0 spiro atoms. The number of hydrogen-bond acceptors (Lipinski definition) is 3. The van der Waals surface area contributed by atoms with E-state index in [4.69, 9.17) is 13.3 Å². The average Bonchev–Trinajstić information content (AvgIpc) is 2.92. The van der Waals surface area contributed by atoms with Gasteiger partial charge in [-0.2, -0.15) is 0 Å². The van der Waals surface area contributed by atoms with Gasteiger partial charge in [-0.3, -0.25) is 0 Å². The molecule has 4 heteroatoms. The lowest BCUT2D eigenvalue weighted by Gasteiger charge is -2.29. The highest BCUT2D eigenvalue weighted by Crippen LogP contribution is 2.52. The first-order chi connectivity index (χ1) is 7.67. The third-order valence-corrected chi connectivity index (χ3v) is 6.99. The van der Waals surface area contributed by atoms with E-state index in [-0.39, 0.29) is 0 Å². The van der Waals surface area contributed by atoms with Crippen LogP contribution in [0.5, 0.6) is 0 Å². The van der Waals surface area contributed by atoms with Gasteiger partial charge in [0.1, 0.15) is 0 Å². The third kappa shape index (κ3) is 2.11. The minimum Gasteiger partial charge on any atom is -0.377 e. The summed E-state index contributed by atoms with van der Waals surface area (Å²) in [6, 6.07) is 0.924. The van der Waals surface area contributed by atoms with Crippen molar-refractivity contribution in [2.24, 2.45) is 11.3 Å². The van der Waals surface area contributed by atoms with Crippen LogP contribution in [-0.2, 0) is 13.3 Å². The Bertz CT molecular complexity index is 267. The summed E-state index contributed by atoms with van der Waals surface area (Å²) >= 11 is 0. The van der Waals surface area contributed by atoms with E-state index in [2.05, 4.69) is 12.2 Å². The molecule has 0 amide bonds. The average molecular weight is 242 g/mol. The van der Waals surface area contributed by atoms with Gasteiger partial charge in [0.05, 0.1) is 0 Å². The van der Waals surface area contributed by atoms with Crippen LogP contribution in [0.25, 0.3) is 0 Å². The van der Waals surface area contributed by atoms with Crippen molar-refractivity contribution in [1.82, 2.24) is 0 Å². The highest BCUT2D eigenvalue weighted by Gasteiger charge is 2.45. The minimum absolute atomic E-state index is 0.429. The van der Waals surface area contributed by atoms with Gasteiger partial charge in [-0.05, 0) is 37.0 Å². The summed E-state index contributed by atoms with van der Waals surface area (Å²) in [5.41, 5.74) is 0.429. The summed E-state index contributed by atoms with van der Waals surface area (Å²) in [6.07, 6.45) is 9.96. The Morgan fingerprint density at radius 3 is 2.31 bits per heavy atom. The fourth-order valence-electron chi connectivity index (χ4n) is 3.12. The fraction of sp³-hybridized carbons (Fsp3) is 0.833. The second-order valence-corrected chi connectivity index (χ2v) is 8.11. The van der Waals surface area contributed by atoms with E-state index < -0.39 is 8.80 Å². The van der Waals surface area contributed by atoms with Crippen LogP contribution >= 0.6 is 0 Å². The van der Waals surface area contributed by atoms with Crippen LogP contribution in [0.1, 0.15) is 25.7 Å². The lowest BCUT2D eigenvalue weighted by atomic mass is 9.85. The van der Waals surface area contributed by atoms with Crippen molar-refractivity contribution in [3.05, 3.63) is 12.2 Å². The van der Waals surface area contributed by atoms with Crippen molar-refractivity contribution in [3.63, 3.8) is 0 Å². The van der Waals surface area contributed by atoms with Gasteiger partial charge in [0.2, 0.25) is 0 Å². The van der Waals surface area contributed by atoms with Crippen LogP contribution in [0.3, 0.4) is 0 Å². The molecule has 2 unspecified atom stereocenters. The van der Waals surface area contributed by atoms with E-state index in [1.807, 2.05) is 0 Å². The molecule has 0 aromatic rings. The van der Waals surface area contributed by atoms with Crippen LogP contribution in [-0.4, -0.2) is 30.1 Å². The lowest BCUT2D eigenvalue weighted by molar-refractivity contribution is 0.119. The first-order valence-corrected chi connectivity index (χ1v) is 7.96. The van der Waals surface area contributed by atoms with Crippen molar-refractivity contribution in [2.75, 3.05) is 21.3 Å². The largest absolute Gasteiger partial charge is 0.500 e. The Hall–Kier alpha value is -0.163. The Labute approximate surface area is 99.1 Å². The maximum Gasteiger partial charge on any atom is 0.500 e. The van der Waals surface area contributed by atoms with Crippen LogP contribution in [0.15, 0.2) is 12.2 Å². The number of hydrogen-bond donors (Lipinski definition) is 0. The van der Waals surface area contributed by atoms with E-state index >= 15 is 0 Å². The normalized spacial score (nSPS) is 32.6. The number of allylic oxidation sites excluding steroid dienone is 2. The predicted octanol–water partition coefficient (Wildman–Crippen LogP) is 2.61. The van der Waals surface area contributed by atoms with Gasteiger partial charge in [0.25, 0.3) is 0 Å². The Kier molecular flexibility index (Phi) is 3.54. The topological polar surface area (TPSA) is 27.7 Å².